The second-order valence-corrected chi connectivity index (χ2v) is 5.41. The Hall–Kier alpha value is -2.08. The molecule has 0 aliphatic carbocycles. The summed E-state index contributed by atoms with van der Waals surface area (Å²) in [5, 5.41) is 11.5. The highest BCUT2D eigenvalue weighted by atomic mass is 16.6. The molecule has 0 fully saturated rings. The van der Waals surface area contributed by atoms with Crippen LogP contribution >= 0.6 is 0 Å². The highest BCUT2D eigenvalue weighted by molar-refractivity contribution is 5.89. The largest absolute Gasteiger partial charge is 0.478 e. The van der Waals surface area contributed by atoms with Gasteiger partial charge in [-0.3, -0.25) is 5.32 Å². The Morgan fingerprint density at radius 1 is 1.33 bits per heavy atom. The molecule has 0 heterocycles. The number of aromatic carboxylic acids is 1. The van der Waals surface area contributed by atoms with Crippen molar-refractivity contribution in [2.75, 3.05) is 0 Å². The molecule has 1 aromatic rings. The second-order valence-electron chi connectivity index (χ2n) is 5.41. The van der Waals surface area contributed by atoms with Gasteiger partial charge in [-0.2, -0.15) is 0 Å². The fourth-order valence-corrected chi connectivity index (χ4v) is 1.53. The molecule has 1 aromatic carbocycles. The van der Waals surface area contributed by atoms with E-state index in [9.17, 15) is 9.59 Å². The normalized spacial score (nSPS) is 12.6. The van der Waals surface area contributed by atoms with E-state index in [-0.39, 0.29) is 12.2 Å². The van der Waals surface area contributed by atoms with E-state index >= 15 is 0 Å². The molecule has 1 radical (unpaired) electrons. The number of hydrogen-bond donors (Lipinski definition) is 2. The highest BCUT2D eigenvalue weighted by Crippen LogP contribution is 2.11. The quantitative estimate of drug-likeness (QED) is 0.815. The molecule has 6 heteroatoms. The maximum absolute atomic E-state index is 11.5. The Kier molecular flexibility index (Phi) is 5.72. The molecule has 1 rings (SSSR count). The van der Waals surface area contributed by atoms with Crippen LogP contribution in [0.25, 0.3) is 0 Å². The molecule has 0 aliphatic heterocycles. The van der Waals surface area contributed by atoms with Crippen molar-refractivity contribution >= 4 is 12.1 Å². The van der Waals surface area contributed by atoms with Crippen LogP contribution in [0.2, 0.25) is 0 Å². The summed E-state index contributed by atoms with van der Waals surface area (Å²) >= 11 is 0. The predicted octanol–water partition coefficient (Wildman–Crippen LogP) is 2.59. The van der Waals surface area contributed by atoms with Crippen molar-refractivity contribution < 1.29 is 24.2 Å². The van der Waals surface area contributed by atoms with E-state index in [1.54, 1.807) is 39.0 Å². The van der Waals surface area contributed by atoms with Gasteiger partial charge in [-0.05, 0) is 39.3 Å². The summed E-state index contributed by atoms with van der Waals surface area (Å²) in [4.78, 5) is 22.5. The Morgan fingerprint density at radius 2 is 1.95 bits per heavy atom. The van der Waals surface area contributed by atoms with Gasteiger partial charge in [0.1, 0.15) is 11.8 Å². The maximum Gasteiger partial charge on any atom is 0.409 e. The van der Waals surface area contributed by atoms with E-state index in [1.165, 1.54) is 6.07 Å². The number of nitrogens with one attached hydrogen (secondary N) is 1. The minimum absolute atomic E-state index is 0.0203. The SMILES string of the molecule is [CH2]C(NC(=O)OC(C)(C)C)OCc1ccccc1C(=O)O. The average molecular weight is 294 g/mol. The van der Waals surface area contributed by atoms with Gasteiger partial charge >= 0.3 is 12.1 Å². The first-order valence-corrected chi connectivity index (χ1v) is 6.44. The monoisotopic (exact) mass is 294 g/mol. The average Bonchev–Trinajstić information content (AvgIpc) is 2.34. The van der Waals surface area contributed by atoms with Crippen LogP contribution in [0.3, 0.4) is 0 Å². The lowest BCUT2D eigenvalue weighted by Gasteiger charge is -2.22. The summed E-state index contributed by atoms with van der Waals surface area (Å²) in [5.74, 6) is -1.03. The number of alkyl carbamates (subject to hydrolysis) is 1. The van der Waals surface area contributed by atoms with Crippen molar-refractivity contribution in [2.24, 2.45) is 0 Å². The minimum atomic E-state index is -1.03. The molecule has 0 spiro atoms. The topological polar surface area (TPSA) is 84.9 Å². The first kappa shape index (κ1) is 17.0. The van der Waals surface area contributed by atoms with E-state index in [2.05, 4.69) is 12.2 Å². The van der Waals surface area contributed by atoms with Crippen LogP contribution in [0.4, 0.5) is 4.79 Å². The molecule has 1 unspecified atom stereocenters. The highest BCUT2D eigenvalue weighted by Gasteiger charge is 2.18. The standard InChI is InChI=1S/C15H20NO5/c1-10(16-14(19)21-15(2,3)4)20-9-11-7-5-6-8-12(11)13(17)18/h5-8,10H,1,9H2,2-4H3,(H,16,19)(H,17,18). The van der Waals surface area contributed by atoms with E-state index in [1.807, 2.05) is 0 Å². The van der Waals surface area contributed by atoms with Gasteiger partial charge in [-0.25, -0.2) is 9.59 Å². The molecule has 0 aliphatic rings. The zero-order chi connectivity index (χ0) is 16.0. The smallest absolute Gasteiger partial charge is 0.409 e. The number of carbonyl (C=O) groups is 2. The summed E-state index contributed by atoms with van der Waals surface area (Å²) in [7, 11) is 0. The van der Waals surface area contributed by atoms with Crippen molar-refractivity contribution in [1.29, 1.82) is 0 Å². The molecule has 2 N–H and O–H groups in total. The van der Waals surface area contributed by atoms with Gasteiger partial charge in [-0.1, -0.05) is 18.2 Å². The molecule has 115 valence electrons. The Labute approximate surface area is 124 Å². The van der Waals surface area contributed by atoms with E-state index < -0.39 is 23.9 Å². The van der Waals surface area contributed by atoms with Gasteiger partial charge < -0.3 is 14.6 Å². The second kappa shape index (κ2) is 7.08. The van der Waals surface area contributed by atoms with Crippen LogP contribution in [0.5, 0.6) is 0 Å². The number of carbonyl (C=O) groups excluding carboxylic acids is 1. The van der Waals surface area contributed by atoms with Crippen molar-refractivity contribution in [3.05, 3.63) is 42.3 Å². The van der Waals surface area contributed by atoms with Gasteiger partial charge in [0.15, 0.2) is 0 Å². The summed E-state index contributed by atoms with van der Waals surface area (Å²) in [6.45, 7) is 8.87. The Morgan fingerprint density at radius 3 is 2.52 bits per heavy atom. The van der Waals surface area contributed by atoms with Crippen LogP contribution in [0.15, 0.2) is 24.3 Å². The van der Waals surface area contributed by atoms with Crippen LogP contribution < -0.4 is 5.32 Å². The van der Waals surface area contributed by atoms with E-state index in [0.29, 0.717) is 5.56 Å². The molecule has 0 saturated heterocycles. The van der Waals surface area contributed by atoms with Crippen LogP contribution in [-0.2, 0) is 16.1 Å². The van der Waals surface area contributed by atoms with Crippen molar-refractivity contribution in [2.45, 2.75) is 39.2 Å². The lowest BCUT2D eigenvalue weighted by Crippen LogP contribution is -2.39. The maximum atomic E-state index is 11.5. The van der Waals surface area contributed by atoms with Gasteiger partial charge in [0.25, 0.3) is 0 Å². The fourth-order valence-electron chi connectivity index (χ4n) is 1.53. The molecule has 0 bridgehead atoms. The lowest BCUT2D eigenvalue weighted by molar-refractivity contribution is 0.0161. The Bertz CT molecular complexity index is 507. The zero-order valence-corrected chi connectivity index (χ0v) is 12.4. The fraction of sp³-hybridized carbons (Fsp3) is 0.400. The number of carboxylic acid groups (broad SMARTS) is 1. The third kappa shape index (κ3) is 6.27. The summed E-state index contributed by atoms with van der Waals surface area (Å²) in [6, 6.07) is 6.47. The molecule has 0 saturated carbocycles. The van der Waals surface area contributed by atoms with Gasteiger partial charge in [0.2, 0.25) is 0 Å². The summed E-state index contributed by atoms with van der Waals surface area (Å²) < 4.78 is 10.4. The molecular weight excluding hydrogens is 274 g/mol. The van der Waals surface area contributed by atoms with Crippen LogP contribution in [0, 0.1) is 6.92 Å². The molecule has 1 atom stereocenters. The molecule has 6 nitrogen and oxygen atoms in total. The number of benzene rings is 1. The molecule has 0 aromatic heterocycles. The summed E-state index contributed by atoms with van der Waals surface area (Å²) in [5.41, 5.74) is 0.0475. The third-order valence-corrected chi connectivity index (χ3v) is 2.37. The first-order valence-electron chi connectivity index (χ1n) is 6.44. The predicted molar refractivity (Wildman–Crippen MR) is 76.7 cm³/mol. The lowest BCUT2D eigenvalue weighted by atomic mass is 10.1. The summed E-state index contributed by atoms with van der Waals surface area (Å²) in [6.07, 6.45) is -1.49. The van der Waals surface area contributed by atoms with E-state index in [0.717, 1.165) is 0 Å². The van der Waals surface area contributed by atoms with Crippen LogP contribution in [-0.4, -0.2) is 29.0 Å². The van der Waals surface area contributed by atoms with Crippen molar-refractivity contribution in [1.82, 2.24) is 5.32 Å². The van der Waals surface area contributed by atoms with Crippen molar-refractivity contribution in [3.63, 3.8) is 0 Å². The van der Waals surface area contributed by atoms with Gasteiger partial charge in [-0.15, -0.1) is 0 Å². The van der Waals surface area contributed by atoms with E-state index in [4.69, 9.17) is 14.6 Å². The van der Waals surface area contributed by atoms with Crippen LogP contribution in [0.1, 0.15) is 36.7 Å². The van der Waals surface area contributed by atoms with Gasteiger partial charge in [0, 0.05) is 0 Å². The zero-order valence-electron chi connectivity index (χ0n) is 12.4. The number of ether oxygens (including phenoxy) is 2. The number of carboxylic acids is 1. The Balaban J connectivity index is 2.52. The number of hydrogen-bond acceptors (Lipinski definition) is 4. The van der Waals surface area contributed by atoms with Gasteiger partial charge in [0.05, 0.1) is 12.2 Å². The molecular formula is C15H20NO5. The van der Waals surface area contributed by atoms with Crippen molar-refractivity contribution in [3.8, 4) is 0 Å². The minimum Gasteiger partial charge on any atom is -0.478 e. The third-order valence-electron chi connectivity index (χ3n) is 2.37. The molecule has 1 amide bonds. The first-order chi connectivity index (χ1) is 9.69. The number of rotatable bonds is 5. The molecule has 21 heavy (non-hydrogen) atoms. The number of amides is 1.